The Morgan fingerprint density at radius 1 is 1.05 bits per heavy atom. The summed E-state index contributed by atoms with van der Waals surface area (Å²) < 4.78 is 29.8. The third-order valence-electron chi connectivity index (χ3n) is 7.45. The molecule has 2 aromatic heterocycles. The first kappa shape index (κ1) is 27.7. The summed E-state index contributed by atoms with van der Waals surface area (Å²) in [6.45, 7) is 11.4. The molecule has 3 aromatic rings. The lowest BCUT2D eigenvalue weighted by Crippen LogP contribution is -2.53. The quantitative estimate of drug-likeness (QED) is 0.401. The molecule has 0 saturated carbocycles. The molecular weight excluding hydrogens is 514 g/mol. The van der Waals surface area contributed by atoms with Crippen LogP contribution in [0.25, 0.3) is 11.3 Å². The van der Waals surface area contributed by atoms with Gasteiger partial charge in [-0.3, -0.25) is 4.79 Å². The van der Waals surface area contributed by atoms with Gasteiger partial charge in [-0.15, -0.1) is 0 Å². The Morgan fingerprint density at radius 2 is 1.77 bits per heavy atom. The largest absolute Gasteiger partial charge is 0.361 e. The summed E-state index contributed by atoms with van der Waals surface area (Å²) in [6.07, 6.45) is 4.67. The van der Waals surface area contributed by atoms with Gasteiger partial charge in [0.05, 0.1) is 29.3 Å². The van der Waals surface area contributed by atoms with Crippen LogP contribution in [0.3, 0.4) is 0 Å². The fourth-order valence-electron chi connectivity index (χ4n) is 5.77. The Balaban J connectivity index is 0.00000158. The van der Waals surface area contributed by atoms with E-state index in [0.29, 0.717) is 53.5 Å². The highest BCUT2D eigenvalue weighted by molar-refractivity contribution is 5.94. The highest BCUT2D eigenvalue weighted by atomic mass is 19.1. The topological polar surface area (TPSA) is 98.3 Å². The summed E-state index contributed by atoms with van der Waals surface area (Å²) in [4.78, 5) is 29.6. The summed E-state index contributed by atoms with van der Waals surface area (Å²) in [5, 5.41) is 9.63. The van der Waals surface area contributed by atoms with Crippen molar-refractivity contribution >= 4 is 29.0 Å². The Bertz CT molecular complexity index is 1370. The van der Waals surface area contributed by atoms with E-state index in [9.17, 15) is 13.6 Å². The SMILES string of the molecule is CC.CC(C)N1c2cc(-c3nc(Nc4ccc(C(=O)N5CC6CCC(C5)N6)cn4)ncc3F)cc(F)c2NC1C. The van der Waals surface area contributed by atoms with Gasteiger partial charge in [0.25, 0.3) is 5.91 Å². The maximum atomic E-state index is 15.0. The van der Waals surface area contributed by atoms with Crippen molar-refractivity contribution in [1.82, 2.24) is 25.2 Å². The zero-order chi connectivity index (χ0) is 28.6. The van der Waals surface area contributed by atoms with E-state index >= 15 is 0 Å². The molecular formula is C29H36F2N8O. The van der Waals surface area contributed by atoms with Gasteiger partial charge in [0.1, 0.15) is 17.3 Å². The van der Waals surface area contributed by atoms with Gasteiger partial charge in [-0.1, -0.05) is 13.8 Å². The van der Waals surface area contributed by atoms with Gasteiger partial charge in [-0.05, 0) is 57.9 Å². The van der Waals surface area contributed by atoms with Crippen LogP contribution in [0.1, 0.15) is 57.8 Å². The van der Waals surface area contributed by atoms with Gasteiger partial charge in [0, 0.05) is 43.0 Å². The smallest absolute Gasteiger partial charge is 0.255 e. The number of fused-ring (bicyclic) bond motifs is 3. The van der Waals surface area contributed by atoms with Crippen molar-refractivity contribution in [3.63, 3.8) is 0 Å². The second-order valence-electron chi connectivity index (χ2n) is 10.5. The van der Waals surface area contributed by atoms with E-state index < -0.39 is 11.6 Å². The lowest BCUT2D eigenvalue weighted by molar-refractivity contribution is 0.0697. The van der Waals surface area contributed by atoms with Crippen LogP contribution in [0.2, 0.25) is 0 Å². The molecule has 0 radical (unpaired) electrons. The van der Waals surface area contributed by atoms with E-state index in [1.807, 2.05) is 44.4 Å². The molecule has 9 nitrogen and oxygen atoms in total. The van der Waals surface area contributed by atoms with E-state index in [-0.39, 0.29) is 29.8 Å². The zero-order valence-electron chi connectivity index (χ0n) is 23.5. The number of carbonyl (C=O) groups excluding carboxylic acids is 1. The summed E-state index contributed by atoms with van der Waals surface area (Å²) in [7, 11) is 0. The van der Waals surface area contributed by atoms with Gasteiger partial charge in [-0.2, -0.15) is 0 Å². The molecule has 3 N–H and O–H groups in total. The number of benzene rings is 1. The van der Waals surface area contributed by atoms with Crippen molar-refractivity contribution in [1.29, 1.82) is 0 Å². The number of halogens is 2. The summed E-state index contributed by atoms with van der Waals surface area (Å²) in [5.41, 5.74) is 1.85. The second kappa shape index (κ2) is 11.3. The lowest BCUT2D eigenvalue weighted by atomic mass is 10.1. The van der Waals surface area contributed by atoms with E-state index in [2.05, 4.69) is 30.9 Å². The highest BCUT2D eigenvalue weighted by Gasteiger charge is 2.35. The molecule has 3 aliphatic rings. The third kappa shape index (κ3) is 5.30. The summed E-state index contributed by atoms with van der Waals surface area (Å²) >= 11 is 0. The van der Waals surface area contributed by atoms with Crippen molar-refractivity contribution in [2.75, 3.05) is 28.6 Å². The molecule has 2 saturated heterocycles. The van der Waals surface area contributed by atoms with E-state index in [4.69, 9.17) is 0 Å². The Hall–Kier alpha value is -3.86. The minimum Gasteiger partial charge on any atom is -0.361 e. The van der Waals surface area contributed by atoms with Crippen molar-refractivity contribution in [2.24, 2.45) is 0 Å². The molecule has 3 atom stereocenters. The molecule has 3 aliphatic heterocycles. The molecule has 3 unspecified atom stereocenters. The monoisotopic (exact) mass is 550 g/mol. The second-order valence-corrected chi connectivity index (χ2v) is 10.5. The number of hydrogen-bond donors (Lipinski definition) is 3. The number of rotatable bonds is 5. The lowest BCUT2D eigenvalue weighted by Gasteiger charge is -2.32. The van der Waals surface area contributed by atoms with Crippen LogP contribution in [0.4, 0.5) is 31.9 Å². The average Bonchev–Trinajstić information content (AvgIpc) is 3.48. The van der Waals surface area contributed by atoms with Gasteiger partial charge in [0.15, 0.2) is 5.82 Å². The number of carbonyl (C=O) groups is 1. The van der Waals surface area contributed by atoms with Crippen LogP contribution < -0.4 is 20.9 Å². The molecule has 6 rings (SSSR count). The van der Waals surface area contributed by atoms with Crippen LogP contribution >= 0.6 is 0 Å². The summed E-state index contributed by atoms with van der Waals surface area (Å²) in [5.74, 6) is -0.660. The molecule has 1 aromatic carbocycles. The molecule has 11 heteroatoms. The van der Waals surface area contributed by atoms with Crippen molar-refractivity contribution in [2.45, 2.75) is 71.8 Å². The normalized spacial score (nSPS) is 21.1. The Kier molecular flexibility index (Phi) is 7.84. The maximum Gasteiger partial charge on any atom is 0.255 e. The number of aromatic nitrogens is 3. The Labute approximate surface area is 233 Å². The molecule has 0 aliphatic carbocycles. The number of nitrogens with one attached hydrogen (secondary N) is 3. The van der Waals surface area contributed by atoms with Crippen LogP contribution in [0, 0.1) is 11.6 Å². The van der Waals surface area contributed by atoms with E-state index in [1.54, 1.807) is 18.2 Å². The van der Waals surface area contributed by atoms with Gasteiger partial charge in [0.2, 0.25) is 5.95 Å². The predicted molar refractivity (Wildman–Crippen MR) is 153 cm³/mol. The molecule has 5 heterocycles. The van der Waals surface area contributed by atoms with Gasteiger partial charge in [-0.25, -0.2) is 23.7 Å². The number of pyridine rings is 1. The molecule has 1 amide bonds. The van der Waals surface area contributed by atoms with Crippen LogP contribution in [-0.4, -0.2) is 63.1 Å². The minimum atomic E-state index is -0.663. The molecule has 2 fully saturated rings. The van der Waals surface area contributed by atoms with Crippen LogP contribution in [0.15, 0.2) is 36.7 Å². The fourth-order valence-corrected chi connectivity index (χ4v) is 5.77. The standard InChI is InChI=1S/C27H30F2N8O.C2H6/c1-14(2)37-15(3)32-25-20(28)8-17(9-22(25)37)24-21(29)11-31-27(35-24)34-23-7-4-16(10-30-23)26(38)36-12-18-5-6-19(13-36)33-18;1-2/h4,7-11,14-15,18-19,32-33H,5-6,12-13H2,1-3H3,(H,30,31,34,35);1-2H3. The molecule has 0 spiro atoms. The number of likely N-dealkylation sites (tertiary alicyclic amines) is 1. The van der Waals surface area contributed by atoms with Crippen molar-refractivity contribution < 1.29 is 13.6 Å². The minimum absolute atomic E-state index is 0.0207. The average molecular weight is 551 g/mol. The molecule has 212 valence electrons. The van der Waals surface area contributed by atoms with Crippen LogP contribution in [0.5, 0.6) is 0 Å². The number of piperazine rings is 1. The van der Waals surface area contributed by atoms with Crippen LogP contribution in [-0.2, 0) is 0 Å². The number of amides is 1. The first-order chi connectivity index (χ1) is 19.3. The number of anilines is 4. The van der Waals surface area contributed by atoms with Gasteiger partial charge >= 0.3 is 0 Å². The Morgan fingerprint density at radius 3 is 2.42 bits per heavy atom. The molecule has 40 heavy (non-hydrogen) atoms. The highest BCUT2D eigenvalue weighted by Crippen LogP contribution is 2.41. The number of nitrogens with zero attached hydrogens (tertiary/aromatic N) is 5. The van der Waals surface area contributed by atoms with Crippen molar-refractivity contribution in [3.05, 3.63) is 53.9 Å². The number of hydrogen-bond acceptors (Lipinski definition) is 8. The first-order valence-electron chi connectivity index (χ1n) is 14.0. The predicted octanol–water partition coefficient (Wildman–Crippen LogP) is 5.15. The summed E-state index contributed by atoms with van der Waals surface area (Å²) in [6, 6.07) is 7.23. The zero-order valence-corrected chi connectivity index (χ0v) is 23.5. The van der Waals surface area contributed by atoms with E-state index in [1.165, 1.54) is 12.3 Å². The van der Waals surface area contributed by atoms with Gasteiger partial charge < -0.3 is 25.8 Å². The molecule has 2 bridgehead atoms. The van der Waals surface area contributed by atoms with Crippen molar-refractivity contribution in [3.8, 4) is 11.3 Å². The third-order valence-corrected chi connectivity index (χ3v) is 7.45. The fraction of sp³-hybridized carbons (Fsp3) is 0.448. The maximum absolute atomic E-state index is 15.0. The van der Waals surface area contributed by atoms with E-state index in [0.717, 1.165) is 19.0 Å². The first-order valence-corrected chi connectivity index (χ1v) is 14.0.